The zero-order valence-corrected chi connectivity index (χ0v) is 14.9. The molecular formula is C18H20N4OS. The largest absolute Gasteiger partial charge is 0.444 e. The van der Waals surface area contributed by atoms with Gasteiger partial charge in [0.15, 0.2) is 5.16 Å². The van der Waals surface area contributed by atoms with E-state index in [-0.39, 0.29) is 0 Å². The van der Waals surface area contributed by atoms with Crippen molar-refractivity contribution in [1.29, 1.82) is 0 Å². The van der Waals surface area contributed by atoms with Gasteiger partial charge in [-0.25, -0.2) is 4.98 Å². The number of aromatic nitrogens is 4. The third kappa shape index (κ3) is 2.98. The van der Waals surface area contributed by atoms with Crippen molar-refractivity contribution in [2.75, 3.05) is 0 Å². The number of hydrogen-bond acceptors (Lipinski definition) is 5. The molecule has 2 aromatic heterocycles. The van der Waals surface area contributed by atoms with Crippen LogP contribution in [0, 0.1) is 13.8 Å². The van der Waals surface area contributed by atoms with Gasteiger partial charge < -0.3 is 8.98 Å². The molecule has 3 aromatic rings. The second-order valence-electron chi connectivity index (χ2n) is 6.43. The Morgan fingerprint density at radius 3 is 2.83 bits per heavy atom. The lowest BCUT2D eigenvalue weighted by atomic mass is 10.1. The van der Waals surface area contributed by atoms with E-state index in [2.05, 4.69) is 51.8 Å². The van der Waals surface area contributed by atoms with Crippen molar-refractivity contribution < 1.29 is 4.42 Å². The zero-order chi connectivity index (χ0) is 16.7. The lowest BCUT2D eigenvalue weighted by Crippen LogP contribution is -1.97. The van der Waals surface area contributed by atoms with Crippen LogP contribution in [0.5, 0.6) is 0 Å². The maximum Gasteiger partial charge on any atom is 0.226 e. The number of nitrogens with zero attached hydrogens (tertiary/aromatic N) is 4. The fourth-order valence-corrected chi connectivity index (χ4v) is 3.63. The van der Waals surface area contributed by atoms with Crippen molar-refractivity contribution in [3.63, 3.8) is 0 Å². The Kier molecular flexibility index (Phi) is 3.92. The van der Waals surface area contributed by atoms with Gasteiger partial charge >= 0.3 is 0 Å². The molecule has 0 saturated heterocycles. The van der Waals surface area contributed by atoms with Crippen molar-refractivity contribution in [3.05, 3.63) is 47.1 Å². The lowest BCUT2D eigenvalue weighted by molar-refractivity contribution is 0.573. The van der Waals surface area contributed by atoms with Gasteiger partial charge in [-0.2, -0.15) is 0 Å². The van der Waals surface area contributed by atoms with Crippen LogP contribution in [0.1, 0.15) is 41.4 Å². The Labute approximate surface area is 145 Å². The van der Waals surface area contributed by atoms with E-state index in [0.717, 1.165) is 28.0 Å². The number of hydrogen-bond donors (Lipinski definition) is 0. The summed E-state index contributed by atoms with van der Waals surface area (Å²) in [5.41, 5.74) is 4.39. The number of benzene rings is 1. The highest BCUT2D eigenvalue weighted by Crippen LogP contribution is 2.39. The van der Waals surface area contributed by atoms with Crippen LogP contribution in [0.3, 0.4) is 0 Å². The Bertz CT molecular complexity index is 879. The quantitative estimate of drug-likeness (QED) is 0.650. The second kappa shape index (κ2) is 6.09. The number of aryl methyl sites for hydroxylation is 2. The summed E-state index contributed by atoms with van der Waals surface area (Å²) in [5.74, 6) is 3.12. The van der Waals surface area contributed by atoms with Crippen molar-refractivity contribution >= 4 is 11.8 Å². The van der Waals surface area contributed by atoms with Gasteiger partial charge in [0.1, 0.15) is 12.1 Å². The molecule has 2 heterocycles. The first-order chi connectivity index (χ1) is 11.6. The molecular weight excluding hydrogens is 320 g/mol. The normalized spacial score (nSPS) is 14.3. The molecule has 1 aliphatic carbocycles. The van der Waals surface area contributed by atoms with Crippen LogP contribution >= 0.6 is 11.8 Å². The molecule has 24 heavy (non-hydrogen) atoms. The van der Waals surface area contributed by atoms with Gasteiger partial charge in [0.2, 0.25) is 5.89 Å². The van der Waals surface area contributed by atoms with Crippen molar-refractivity contribution in [2.24, 2.45) is 7.05 Å². The third-order valence-electron chi connectivity index (χ3n) is 4.32. The van der Waals surface area contributed by atoms with Crippen molar-refractivity contribution in [2.45, 2.75) is 43.5 Å². The molecule has 1 aliphatic rings. The maximum atomic E-state index is 5.68. The van der Waals surface area contributed by atoms with E-state index in [1.807, 2.05) is 7.05 Å². The lowest BCUT2D eigenvalue weighted by Gasteiger charge is -2.02. The first-order valence-corrected chi connectivity index (χ1v) is 9.14. The molecule has 0 amide bonds. The fourth-order valence-electron chi connectivity index (χ4n) is 2.84. The SMILES string of the molecule is Cc1ccc(-c2nc(CSc3nnc(C4CC4)n3C)co2)c(C)c1. The molecule has 5 nitrogen and oxygen atoms in total. The molecule has 0 N–H and O–H groups in total. The molecule has 0 unspecified atom stereocenters. The van der Waals surface area contributed by atoms with E-state index in [0.29, 0.717) is 11.8 Å². The Hall–Kier alpha value is -2.08. The summed E-state index contributed by atoms with van der Waals surface area (Å²) >= 11 is 1.65. The van der Waals surface area contributed by atoms with E-state index in [1.54, 1.807) is 18.0 Å². The molecule has 124 valence electrons. The molecule has 1 saturated carbocycles. The Morgan fingerprint density at radius 2 is 2.08 bits per heavy atom. The molecule has 0 atom stereocenters. The first kappa shape index (κ1) is 15.4. The molecule has 6 heteroatoms. The highest BCUT2D eigenvalue weighted by Gasteiger charge is 2.29. The predicted octanol–water partition coefficient (Wildman–Crippen LogP) is 4.26. The predicted molar refractivity (Wildman–Crippen MR) is 94.0 cm³/mol. The van der Waals surface area contributed by atoms with Gasteiger partial charge in [-0.15, -0.1) is 10.2 Å². The van der Waals surface area contributed by atoms with E-state index < -0.39 is 0 Å². The van der Waals surface area contributed by atoms with E-state index in [4.69, 9.17) is 4.42 Å². The van der Waals surface area contributed by atoms with Gasteiger partial charge in [0.05, 0.1) is 5.69 Å². The molecule has 1 aromatic carbocycles. The summed E-state index contributed by atoms with van der Waals surface area (Å²) < 4.78 is 7.78. The second-order valence-corrected chi connectivity index (χ2v) is 7.37. The first-order valence-electron chi connectivity index (χ1n) is 8.16. The summed E-state index contributed by atoms with van der Waals surface area (Å²) in [7, 11) is 2.04. The van der Waals surface area contributed by atoms with E-state index >= 15 is 0 Å². The van der Waals surface area contributed by atoms with Crippen LogP contribution in [-0.2, 0) is 12.8 Å². The maximum absolute atomic E-state index is 5.68. The van der Waals surface area contributed by atoms with Crippen LogP contribution in [0.4, 0.5) is 0 Å². The topological polar surface area (TPSA) is 56.7 Å². The van der Waals surface area contributed by atoms with Crippen LogP contribution in [0.2, 0.25) is 0 Å². The summed E-state index contributed by atoms with van der Waals surface area (Å²) in [4.78, 5) is 4.63. The summed E-state index contributed by atoms with van der Waals surface area (Å²) in [6.45, 7) is 4.17. The fraction of sp³-hybridized carbons (Fsp3) is 0.389. The van der Waals surface area contributed by atoms with Gasteiger partial charge in [0, 0.05) is 24.3 Å². The van der Waals surface area contributed by atoms with Crippen molar-refractivity contribution in [3.8, 4) is 11.5 Å². The highest BCUT2D eigenvalue weighted by atomic mass is 32.2. The molecule has 0 spiro atoms. The number of thioether (sulfide) groups is 1. The summed E-state index contributed by atoms with van der Waals surface area (Å²) in [6, 6.07) is 6.30. The van der Waals surface area contributed by atoms with Crippen LogP contribution < -0.4 is 0 Å². The monoisotopic (exact) mass is 340 g/mol. The van der Waals surface area contributed by atoms with Gasteiger partial charge in [-0.3, -0.25) is 0 Å². The summed E-state index contributed by atoms with van der Waals surface area (Å²) in [6.07, 6.45) is 4.21. The zero-order valence-electron chi connectivity index (χ0n) is 14.1. The van der Waals surface area contributed by atoms with Crippen molar-refractivity contribution in [1.82, 2.24) is 19.7 Å². The minimum Gasteiger partial charge on any atom is -0.444 e. The van der Waals surface area contributed by atoms with E-state index in [1.165, 1.54) is 24.0 Å². The number of oxazole rings is 1. The third-order valence-corrected chi connectivity index (χ3v) is 5.38. The van der Waals surface area contributed by atoms with Crippen LogP contribution in [-0.4, -0.2) is 19.7 Å². The minimum absolute atomic E-state index is 0.611. The van der Waals surface area contributed by atoms with Gasteiger partial charge in [-0.1, -0.05) is 29.5 Å². The summed E-state index contributed by atoms with van der Waals surface area (Å²) in [5, 5.41) is 9.55. The molecule has 1 fully saturated rings. The molecule has 4 rings (SSSR count). The number of rotatable bonds is 5. The smallest absolute Gasteiger partial charge is 0.226 e. The molecule has 0 radical (unpaired) electrons. The van der Waals surface area contributed by atoms with Gasteiger partial charge in [0.25, 0.3) is 0 Å². The average Bonchev–Trinajstić information content (AvgIpc) is 3.17. The minimum atomic E-state index is 0.611. The Balaban J connectivity index is 1.47. The van der Waals surface area contributed by atoms with Crippen LogP contribution in [0.15, 0.2) is 34.0 Å². The average molecular weight is 340 g/mol. The Morgan fingerprint density at radius 1 is 1.25 bits per heavy atom. The standard InChI is InChI=1S/C18H20N4OS/c1-11-4-7-15(12(2)8-11)17-19-14(9-23-17)10-24-18-21-20-16(22(18)3)13-5-6-13/h4,7-9,13H,5-6,10H2,1-3H3. The molecule has 0 bridgehead atoms. The van der Waals surface area contributed by atoms with Gasteiger partial charge in [-0.05, 0) is 38.3 Å². The van der Waals surface area contributed by atoms with E-state index in [9.17, 15) is 0 Å². The van der Waals surface area contributed by atoms with Crippen LogP contribution in [0.25, 0.3) is 11.5 Å². The highest BCUT2D eigenvalue weighted by molar-refractivity contribution is 7.98. The molecule has 0 aliphatic heterocycles.